The third kappa shape index (κ3) is 2.35. The van der Waals surface area contributed by atoms with E-state index in [2.05, 4.69) is 10.2 Å². The third-order valence-electron chi connectivity index (χ3n) is 2.72. The van der Waals surface area contributed by atoms with Crippen LogP contribution in [0.1, 0.15) is 22.9 Å². The van der Waals surface area contributed by atoms with E-state index < -0.39 is 6.10 Å². The predicted octanol–water partition coefficient (Wildman–Crippen LogP) is 1.39. The fourth-order valence-corrected chi connectivity index (χ4v) is 2.23. The van der Waals surface area contributed by atoms with Gasteiger partial charge in [-0.1, -0.05) is 11.6 Å². The molecule has 92 valence electrons. The Kier molecular flexibility index (Phi) is 3.22. The van der Waals surface area contributed by atoms with Crippen molar-refractivity contribution in [2.24, 2.45) is 14.1 Å². The number of nitrogens with zero attached hydrogens (tertiary/aromatic N) is 4. The number of rotatable bonds is 3. The minimum Gasteiger partial charge on any atom is -0.388 e. The Hall–Kier alpha value is -1.33. The van der Waals surface area contributed by atoms with Gasteiger partial charge in [0.15, 0.2) is 0 Å². The van der Waals surface area contributed by atoms with Gasteiger partial charge in [-0.2, -0.15) is 10.2 Å². The Balaban J connectivity index is 2.22. The molecule has 2 heterocycles. The predicted molar refractivity (Wildman–Crippen MR) is 64.8 cm³/mol. The van der Waals surface area contributed by atoms with E-state index in [4.69, 9.17) is 11.6 Å². The average Bonchev–Trinajstić information content (AvgIpc) is 2.73. The van der Waals surface area contributed by atoms with Crippen LogP contribution in [0.5, 0.6) is 0 Å². The van der Waals surface area contributed by atoms with Crippen LogP contribution in [-0.2, 0) is 20.5 Å². The highest BCUT2D eigenvalue weighted by atomic mass is 35.5. The number of hydrogen-bond acceptors (Lipinski definition) is 3. The third-order valence-corrected chi connectivity index (χ3v) is 3.17. The van der Waals surface area contributed by atoms with E-state index in [1.54, 1.807) is 22.6 Å². The highest BCUT2D eigenvalue weighted by molar-refractivity contribution is 6.30. The second-order valence-corrected chi connectivity index (χ2v) is 4.51. The number of aromatic nitrogens is 4. The minimum atomic E-state index is -0.652. The summed E-state index contributed by atoms with van der Waals surface area (Å²) in [4.78, 5) is 0. The van der Waals surface area contributed by atoms with Crippen LogP contribution in [0.25, 0.3) is 0 Å². The van der Waals surface area contributed by atoms with Crippen LogP contribution in [0.2, 0.25) is 5.15 Å². The van der Waals surface area contributed by atoms with Gasteiger partial charge in [-0.25, -0.2) is 0 Å². The van der Waals surface area contributed by atoms with E-state index in [-0.39, 0.29) is 0 Å². The molecule has 1 unspecified atom stereocenters. The van der Waals surface area contributed by atoms with E-state index in [0.717, 1.165) is 11.3 Å². The Morgan fingerprint density at radius 1 is 1.47 bits per heavy atom. The maximum absolute atomic E-state index is 10.2. The van der Waals surface area contributed by atoms with E-state index in [1.165, 1.54) is 0 Å². The van der Waals surface area contributed by atoms with Crippen LogP contribution >= 0.6 is 11.6 Å². The molecule has 0 saturated carbocycles. The second-order valence-electron chi connectivity index (χ2n) is 4.16. The first-order chi connectivity index (χ1) is 7.99. The smallest absolute Gasteiger partial charge is 0.132 e. The summed E-state index contributed by atoms with van der Waals surface area (Å²) >= 11 is 6.10. The van der Waals surface area contributed by atoms with E-state index in [1.807, 2.05) is 20.2 Å². The molecular weight excluding hydrogens is 240 g/mol. The Morgan fingerprint density at radius 2 is 2.18 bits per heavy atom. The molecule has 0 radical (unpaired) electrons. The zero-order valence-electron chi connectivity index (χ0n) is 10.1. The molecule has 2 aromatic rings. The van der Waals surface area contributed by atoms with Gasteiger partial charge in [-0.15, -0.1) is 0 Å². The monoisotopic (exact) mass is 254 g/mol. The lowest BCUT2D eigenvalue weighted by Crippen LogP contribution is -2.03. The van der Waals surface area contributed by atoms with Crippen LogP contribution in [0, 0.1) is 6.92 Å². The maximum Gasteiger partial charge on any atom is 0.132 e. The van der Waals surface area contributed by atoms with Crippen LogP contribution in [0.4, 0.5) is 0 Å². The summed E-state index contributed by atoms with van der Waals surface area (Å²) in [7, 11) is 3.60. The SMILES string of the molecule is Cc1nn(C)c(Cl)c1C(O)Cc1cnn(C)c1. The molecule has 5 nitrogen and oxygen atoms in total. The average molecular weight is 255 g/mol. The van der Waals surface area contributed by atoms with Crippen molar-refractivity contribution in [2.45, 2.75) is 19.4 Å². The summed E-state index contributed by atoms with van der Waals surface area (Å²) < 4.78 is 3.28. The Morgan fingerprint density at radius 3 is 2.65 bits per heavy atom. The summed E-state index contributed by atoms with van der Waals surface area (Å²) in [6, 6.07) is 0. The van der Waals surface area contributed by atoms with E-state index >= 15 is 0 Å². The van der Waals surface area contributed by atoms with Crippen LogP contribution in [0.3, 0.4) is 0 Å². The molecule has 0 saturated heterocycles. The molecule has 0 aliphatic heterocycles. The molecule has 1 N–H and O–H groups in total. The zero-order chi connectivity index (χ0) is 12.6. The van der Waals surface area contributed by atoms with Crippen LogP contribution in [0.15, 0.2) is 12.4 Å². The van der Waals surface area contributed by atoms with Gasteiger partial charge in [-0.3, -0.25) is 9.36 Å². The maximum atomic E-state index is 10.2. The fraction of sp³-hybridized carbons (Fsp3) is 0.455. The second kappa shape index (κ2) is 4.50. The molecule has 1 atom stereocenters. The van der Waals surface area contributed by atoms with E-state index in [9.17, 15) is 5.11 Å². The normalized spacial score (nSPS) is 13.0. The first-order valence-corrected chi connectivity index (χ1v) is 5.71. The summed E-state index contributed by atoms with van der Waals surface area (Å²) in [5.74, 6) is 0. The summed E-state index contributed by atoms with van der Waals surface area (Å²) in [6.45, 7) is 1.84. The first kappa shape index (κ1) is 12.1. The molecule has 0 aliphatic rings. The van der Waals surface area contributed by atoms with Crippen molar-refractivity contribution >= 4 is 11.6 Å². The molecule has 0 aliphatic carbocycles. The number of halogens is 1. The van der Waals surface area contributed by atoms with E-state index in [0.29, 0.717) is 17.1 Å². The molecule has 2 rings (SSSR count). The minimum absolute atomic E-state index is 0.485. The van der Waals surface area contributed by atoms with Crippen LogP contribution in [-0.4, -0.2) is 24.7 Å². The highest BCUT2D eigenvalue weighted by Gasteiger charge is 2.20. The van der Waals surface area contributed by atoms with Crippen molar-refractivity contribution in [1.82, 2.24) is 19.6 Å². The number of aliphatic hydroxyl groups is 1. The van der Waals surface area contributed by atoms with Crippen molar-refractivity contribution in [3.63, 3.8) is 0 Å². The highest BCUT2D eigenvalue weighted by Crippen LogP contribution is 2.27. The van der Waals surface area contributed by atoms with Crippen molar-refractivity contribution in [2.75, 3.05) is 0 Å². The van der Waals surface area contributed by atoms with Crippen molar-refractivity contribution in [3.05, 3.63) is 34.4 Å². The lowest BCUT2D eigenvalue weighted by Gasteiger charge is -2.09. The van der Waals surface area contributed by atoms with Gasteiger partial charge in [0, 0.05) is 32.3 Å². The van der Waals surface area contributed by atoms with Crippen molar-refractivity contribution in [1.29, 1.82) is 0 Å². The molecule has 17 heavy (non-hydrogen) atoms. The van der Waals surface area contributed by atoms with Gasteiger partial charge < -0.3 is 5.11 Å². The lowest BCUT2D eigenvalue weighted by atomic mass is 10.0. The van der Waals surface area contributed by atoms with Gasteiger partial charge in [0.1, 0.15) is 5.15 Å². The lowest BCUT2D eigenvalue weighted by molar-refractivity contribution is 0.178. The number of hydrogen-bond donors (Lipinski definition) is 1. The number of aryl methyl sites for hydroxylation is 3. The van der Waals surface area contributed by atoms with Crippen molar-refractivity contribution in [3.8, 4) is 0 Å². The standard InChI is InChI=1S/C11H15ClN4O/c1-7-10(11(12)16(3)14-7)9(17)4-8-5-13-15(2)6-8/h5-6,9,17H,4H2,1-3H3. The summed E-state index contributed by atoms with van der Waals surface area (Å²) in [5.41, 5.74) is 2.42. The summed E-state index contributed by atoms with van der Waals surface area (Å²) in [5, 5.41) is 18.9. The van der Waals surface area contributed by atoms with Gasteiger partial charge in [0.05, 0.1) is 18.0 Å². The zero-order valence-corrected chi connectivity index (χ0v) is 10.8. The Labute approximate surface area is 105 Å². The molecule has 0 fully saturated rings. The van der Waals surface area contributed by atoms with Gasteiger partial charge >= 0.3 is 0 Å². The quantitative estimate of drug-likeness (QED) is 0.901. The molecule has 0 spiro atoms. The Bertz CT molecular complexity index is 532. The molecular formula is C11H15ClN4O. The fourth-order valence-electron chi connectivity index (χ4n) is 1.93. The molecule has 2 aromatic heterocycles. The molecule has 0 aromatic carbocycles. The molecule has 0 bridgehead atoms. The largest absolute Gasteiger partial charge is 0.388 e. The topological polar surface area (TPSA) is 55.9 Å². The first-order valence-electron chi connectivity index (χ1n) is 5.33. The van der Waals surface area contributed by atoms with Gasteiger partial charge in [0.2, 0.25) is 0 Å². The van der Waals surface area contributed by atoms with Gasteiger partial charge in [0.25, 0.3) is 0 Å². The molecule has 0 amide bonds. The van der Waals surface area contributed by atoms with Gasteiger partial charge in [-0.05, 0) is 12.5 Å². The van der Waals surface area contributed by atoms with Crippen molar-refractivity contribution < 1.29 is 5.11 Å². The summed E-state index contributed by atoms with van der Waals surface area (Å²) in [6.07, 6.45) is 3.45. The number of aliphatic hydroxyl groups excluding tert-OH is 1. The van der Waals surface area contributed by atoms with Crippen LogP contribution < -0.4 is 0 Å². The molecule has 6 heteroatoms.